The molecule has 23 heavy (non-hydrogen) atoms. The summed E-state index contributed by atoms with van der Waals surface area (Å²) in [5.41, 5.74) is 1.44. The number of carbonyl (C=O) groups is 1. The maximum atomic E-state index is 11.9. The van der Waals surface area contributed by atoms with Crippen LogP contribution >= 0.6 is 0 Å². The van der Waals surface area contributed by atoms with Gasteiger partial charge in [0.05, 0.1) is 11.7 Å². The predicted molar refractivity (Wildman–Crippen MR) is 93.6 cm³/mol. The summed E-state index contributed by atoms with van der Waals surface area (Å²) in [5.74, 6) is 0.710. The van der Waals surface area contributed by atoms with Crippen molar-refractivity contribution in [1.29, 1.82) is 0 Å². The number of hydrogen-bond donors (Lipinski definition) is 1. The molecule has 0 aliphatic heterocycles. The van der Waals surface area contributed by atoms with Crippen molar-refractivity contribution in [2.24, 2.45) is 5.41 Å². The standard InChI is InChI=1S/C18H25N3O2/c1-18(2,3)16(22)7-6-14-10-13-11-17(19-12-15(13)20-14)23-9-8-21(4)5/h6-7,10-12,20H,8-9H2,1-5H3/b7-6+. The minimum Gasteiger partial charge on any atom is -0.476 e. The fourth-order valence-electron chi connectivity index (χ4n) is 1.95. The molecule has 0 atom stereocenters. The first-order chi connectivity index (χ1) is 10.8. The third kappa shape index (κ3) is 4.93. The van der Waals surface area contributed by atoms with Crippen LogP contribution in [0.1, 0.15) is 26.5 Å². The number of aromatic amines is 1. The lowest BCUT2D eigenvalue weighted by Crippen LogP contribution is -2.19. The van der Waals surface area contributed by atoms with Crippen molar-refractivity contribution in [3.63, 3.8) is 0 Å². The van der Waals surface area contributed by atoms with Gasteiger partial charge in [-0.3, -0.25) is 4.79 Å². The Labute approximate surface area is 137 Å². The quantitative estimate of drug-likeness (QED) is 0.832. The second-order valence-electron chi connectivity index (χ2n) is 6.93. The van der Waals surface area contributed by atoms with E-state index in [0.717, 1.165) is 23.1 Å². The van der Waals surface area contributed by atoms with Crippen LogP contribution in [0, 0.1) is 5.41 Å². The Morgan fingerprint density at radius 2 is 2.09 bits per heavy atom. The van der Waals surface area contributed by atoms with Gasteiger partial charge in [-0.05, 0) is 32.3 Å². The van der Waals surface area contributed by atoms with Gasteiger partial charge in [-0.25, -0.2) is 4.98 Å². The van der Waals surface area contributed by atoms with Crippen LogP contribution in [0.5, 0.6) is 5.88 Å². The lowest BCUT2D eigenvalue weighted by Gasteiger charge is -2.12. The number of aromatic nitrogens is 2. The van der Waals surface area contributed by atoms with E-state index in [4.69, 9.17) is 4.74 Å². The number of ketones is 1. The number of allylic oxidation sites excluding steroid dienone is 1. The SMILES string of the molecule is CN(C)CCOc1cc2cc(/C=C/C(=O)C(C)(C)C)[nH]c2cn1. The third-order valence-electron chi connectivity index (χ3n) is 3.44. The van der Waals surface area contributed by atoms with Crippen LogP contribution in [0.4, 0.5) is 0 Å². The number of pyridine rings is 1. The van der Waals surface area contributed by atoms with Crippen molar-refractivity contribution in [2.75, 3.05) is 27.2 Å². The van der Waals surface area contributed by atoms with Crippen LogP contribution in [-0.2, 0) is 4.79 Å². The van der Waals surface area contributed by atoms with Gasteiger partial charge in [0.25, 0.3) is 0 Å². The van der Waals surface area contributed by atoms with Gasteiger partial charge < -0.3 is 14.6 Å². The van der Waals surface area contributed by atoms with Crippen LogP contribution < -0.4 is 4.74 Å². The van der Waals surface area contributed by atoms with Gasteiger partial charge in [-0.1, -0.05) is 20.8 Å². The monoisotopic (exact) mass is 315 g/mol. The van der Waals surface area contributed by atoms with Gasteiger partial charge in [0.15, 0.2) is 5.78 Å². The average Bonchev–Trinajstić information content (AvgIpc) is 2.85. The van der Waals surface area contributed by atoms with Crippen molar-refractivity contribution in [3.8, 4) is 5.88 Å². The normalized spacial score (nSPS) is 12.4. The maximum absolute atomic E-state index is 11.9. The Balaban J connectivity index is 2.10. The first kappa shape index (κ1) is 17.2. The number of nitrogens with zero attached hydrogens (tertiary/aromatic N) is 2. The van der Waals surface area contributed by atoms with Gasteiger partial charge in [0.1, 0.15) is 6.61 Å². The van der Waals surface area contributed by atoms with Gasteiger partial charge in [0, 0.05) is 29.1 Å². The number of hydrogen-bond acceptors (Lipinski definition) is 4. The summed E-state index contributed by atoms with van der Waals surface area (Å²) in [6.45, 7) is 7.17. The molecule has 0 unspecified atom stereocenters. The Hall–Kier alpha value is -2.14. The minimum absolute atomic E-state index is 0.0991. The Morgan fingerprint density at radius 1 is 1.35 bits per heavy atom. The smallest absolute Gasteiger partial charge is 0.213 e. The van der Waals surface area contributed by atoms with E-state index in [0.29, 0.717) is 12.5 Å². The molecule has 0 radical (unpaired) electrons. The molecule has 1 N–H and O–H groups in total. The lowest BCUT2D eigenvalue weighted by molar-refractivity contribution is -0.121. The minimum atomic E-state index is -0.364. The molecule has 2 rings (SSSR count). The van der Waals surface area contributed by atoms with Crippen LogP contribution in [0.3, 0.4) is 0 Å². The lowest BCUT2D eigenvalue weighted by atomic mass is 9.90. The third-order valence-corrected chi connectivity index (χ3v) is 3.44. The molecule has 0 aliphatic carbocycles. The zero-order valence-electron chi connectivity index (χ0n) is 14.5. The molecular weight excluding hydrogens is 290 g/mol. The highest BCUT2D eigenvalue weighted by Crippen LogP contribution is 2.21. The molecule has 2 aromatic rings. The molecule has 2 heterocycles. The highest BCUT2D eigenvalue weighted by Gasteiger charge is 2.17. The van der Waals surface area contributed by atoms with E-state index in [-0.39, 0.29) is 11.2 Å². The van der Waals surface area contributed by atoms with E-state index >= 15 is 0 Å². The second-order valence-corrected chi connectivity index (χ2v) is 6.93. The molecule has 0 aliphatic rings. The van der Waals surface area contributed by atoms with Crippen molar-refractivity contribution in [1.82, 2.24) is 14.9 Å². The first-order valence-corrected chi connectivity index (χ1v) is 7.74. The first-order valence-electron chi connectivity index (χ1n) is 7.74. The number of nitrogens with one attached hydrogen (secondary N) is 1. The zero-order valence-corrected chi connectivity index (χ0v) is 14.5. The van der Waals surface area contributed by atoms with Crippen molar-refractivity contribution < 1.29 is 9.53 Å². The van der Waals surface area contributed by atoms with Crippen molar-refractivity contribution in [3.05, 3.63) is 30.1 Å². The maximum Gasteiger partial charge on any atom is 0.213 e. The zero-order chi connectivity index (χ0) is 17.0. The van der Waals surface area contributed by atoms with Gasteiger partial charge in [0.2, 0.25) is 5.88 Å². The van der Waals surface area contributed by atoms with Crippen molar-refractivity contribution >= 4 is 22.8 Å². The van der Waals surface area contributed by atoms with Gasteiger partial charge in [-0.2, -0.15) is 0 Å². The molecule has 0 bridgehead atoms. The largest absolute Gasteiger partial charge is 0.476 e. The molecule has 0 saturated carbocycles. The topological polar surface area (TPSA) is 58.2 Å². The summed E-state index contributed by atoms with van der Waals surface area (Å²) in [4.78, 5) is 21.5. The van der Waals surface area contributed by atoms with Crippen LogP contribution in [0.15, 0.2) is 24.4 Å². The molecule has 2 aromatic heterocycles. The number of H-pyrrole nitrogens is 1. The summed E-state index contributed by atoms with van der Waals surface area (Å²) in [6.07, 6.45) is 5.18. The second kappa shape index (κ2) is 6.96. The molecule has 0 fully saturated rings. The summed E-state index contributed by atoms with van der Waals surface area (Å²) < 4.78 is 5.64. The Morgan fingerprint density at radius 3 is 2.74 bits per heavy atom. The molecule has 0 spiro atoms. The van der Waals surface area contributed by atoms with E-state index in [1.54, 1.807) is 18.3 Å². The van der Waals surface area contributed by atoms with E-state index in [1.165, 1.54) is 0 Å². The molecule has 124 valence electrons. The van der Waals surface area contributed by atoms with Crippen LogP contribution in [0.25, 0.3) is 17.0 Å². The Kier molecular flexibility index (Phi) is 5.21. The summed E-state index contributed by atoms with van der Waals surface area (Å²) in [5, 5.41) is 1.02. The fourth-order valence-corrected chi connectivity index (χ4v) is 1.95. The molecule has 0 aromatic carbocycles. The molecule has 5 nitrogen and oxygen atoms in total. The molecule has 0 saturated heterocycles. The number of likely N-dealkylation sites (N-methyl/N-ethyl adjacent to an activating group) is 1. The van der Waals surface area contributed by atoms with Crippen LogP contribution in [-0.4, -0.2) is 47.9 Å². The highest BCUT2D eigenvalue weighted by atomic mass is 16.5. The summed E-state index contributed by atoms with van der Waals surface area (Å²) >= 11 is 0. The van der Waals surface area contributed by atoms with E-state index in [9.17, 15) is 4.79 Å². The van der Waals surface area contributed by atoms with Gasteiger partial charge >= 0.3 is 0 Å². The van der Waals surface area contributed by atoms with E-state index in [1.807, 2.05) is 47.0 Å². The van der Waals surface area contributed by atoms with Crippen LogP contribution in [0.2, 0.25) is 0 Å². The average molecular weight is 315 g/mol. The van der Waals surface area contributed by atoms with E-state index in [2.05, 4.69) is 14.9 Å². The molecular formula is C18H25N3O2. The number of ether oxygens (including phenoxy) is 1. The Bertz CT molecular complexity index is 709. The summed E-state index contributed by atoms with van der Waals surface area (Å²) in [6, 6.07) is 3.90. The molecule has 5 heteroatoms. The fraction of sp³-hybridized carbons (Fsp3) is 0.444. The number of rotatable bonds is 6. The number of fused-ring (bicyclic) bond motifs is 1. The summed E-state index contributed by atoms with van der Waals surface area (Å²) in [7, 11) is 4.01. The van der Waals surface area contributed by atoms with E-state index < -0.39 is 0 Å². The number of carbonyl (C=O) groups excluding carboxylic acids is 1. The predicted octanol–water partition coefficient (Wildman–Crippen LogP) is 3.13. The van der Waals surface area contributed by atoms with Crippen molar-refractivity contribution in [2.45, 2.75) is 20.8 Å². The van der Waals surface area contributed by atoms with Gasteiger partial charge in [-0.15, -0.1) is 0 Å². The molecule has 0 amide bonds. The highest BCUT2D eigenvalue weighted by molar-refractivity contribution is 5.97.